The Hall–Kier alpha value is -2.96. The number of hydrogen-bond donors (Lipinski definition) is 0. The maximum atomic E-state index is 13.8. The van der Waals surface area contributed by atoms with Crippen LogP contribution in [-0.2, 0) is 16.0 Å². The first-order valence-electron chi connectivity index (χ1n) is 9.47. The van der Waals surface area contributed by atoms with E-state index in [1.807, 2.05) is 0 Å². The van der Waals surface area contributed by atoms with Crippen LogP contribution in [0.15, 0.2) is 42.6 Å². The second-order valence-corrected chi connectivity index (χ2v) is 6.62. The Balaban J connectivity index is 1.59. The van der Waals surface area contributed by atoms with Crippen molar-refractivity contribution in [3.05, 3.63) is 59.5 Å². The van der Waals surface area contributed by atoms with Crippen molar-refractivity contribution in [2.75, 3.05) is 37.7 Å². The summed E-state index contributed by atoms with van der Waals surface area (Å²) >= 11 is 0. The number of amides is 1. The lowest BCUT2D eigenvalue weighted by Crippen LogP contribution is -2.36. The average molecular weight is 385 g/mol. The molecule has 1 saturated heterocycles. The molecule has 0 radical (unpaired) electrons. The van der Waals surface area contributed by atoms with E-state index in [0.717, 1.165) is 18.8 Å². The molecular weight excluding hydrogens is 361 g/mol. The van der Waals surface area contributed by atoms with Crippen molar-refractivity contribution in [2.24, 2.45) is 0 Å². The van der Waals surface area contributed by atoms with E-state index in [9.17, 15) is 14.0 Å². The highest BCUT2D eigenvalue weighted by Crippen LogP contribution is 2.16. The van der Waals surface area contributed by atoms with E-state index in [4.69, 9.17) is 4.74 Å². The molecule has 1 aliphatic heterocycles. The predicted octanol–water partition coefficient (Wildman–Crippen LogP) is 2.68. The summed E-state index contributed by atoms with van der Waals surface area (Å²) < 4.78 is 18.8. The van der Waals surface area contributed by atoms with E-state index in [-0.39, 0.29) is 24.1 Å². The van der Waals surface area contributed by atoms with Crippen molar-refractivity contribution in [1.29, 1.82) is 0 Å². The third kappa shape index (κ3) is 4.85. The number of anilines is 1. The summed E-state index contributed by atoms with van der Waals surface area (Å²) in [5, 5.41) is 0. The van der Waals surface area contributed by atoms with E-state index >= 15 is 0 Å². The van der Waals surface area contributed by atoms with Crippen LogP contribution in [0.3, 0.4) is 0 Å². The number of pyridine rings is 1. The first-order chi connectivity index (χ1) is 13.6. The monoisotopic (exact) mass is 385 g/mol. The summed E-state index contributed by atoms with van der Waals surface area (Å²) in [6, 6.07) is 9.87. The Morgan fingerprint density at radius 2 is 1.93 bits per heavy atom. The first kappa shape index (κ1) is 19.8. The molecule has 0 saturated carbocycles. The molecule has 2 heterocycles. The van der Waals surface area contributed by atoms with Gasteiger partial charge in [0.25, 0.3) is 0 Å². The van der Waals surface area contributed by atoms with Gasteiger partial charge in [-0.1, -0.05) is 18.2 Å². The van der Waals surface area contributed by atoms with E-state index in [2.05, 4.69) is 9.88 Å². The summed E-state index contributed by atoms with van der Waals surface area (Å²) in [5.74, 6) is -0.0467. The zero-order valence-corrected chi connectivity index (χ0v) is 15.9. The lowest BCUT2D eigenvalue weighted by atomic mass is 10.1. The fourth-order valence-corrected chi connectivity index (χ4v) is 3.22. The van der Waals surface area contributed by atoms with Crippen molar-refractivity contribution in [1.82, 2.24) is 9.88 Å². The third-order valence-corrected chi connectivity index (χ3v) is 4.73. The van der Waals surface area contributed by atoms with Crippen LogP contribution in [0.2, 0.25) is 0 Å². The number of halogens is 1. The van der Waals surface area contributed by atoms with Gasteiger partial charge in [-0.05, 0) is 37.1 Å². The zero-order chi connectivity index (χ0) is 19.9. The number of esters is 1. The molecular formula is C21H24FN3O3. The van der Waals surface area contributed by atoms with Crippen molar-refractivity contribution in [2.45, 2.75) is 19.8 Å². The van der Waals surface area contributed by atoms with Gasteiger partial charge in [0.2, 0.25) is 5.91 Å². The molecule has 2 aromatic rings. The minimum atomic E-state index is -0.387. The fraction of sp³-hybridized carbons (Fsp3) is 0.381. The van der Waals surface area contributed by atoms with E-state index in [1.165, 1.54) is 12.3 Å². The number of carbonyl (C=O) groups is 2. The van der Waals surface area contributed by atoms with Crippen LogP contribution >= 0.6 is 0 Å². The minimum absolute atomic E-state index is 0.0686. The van der Waals surface area contributed by atoms with Crippen LogP contribution < -0.4 is 4.90 Å². The van der Waals surface area contributed by atoms with Gasteiger partial charge < -0.3 is 14.5 Å². The number of aromatic nitrogens is 1. The van der Waals surface area contributed by atoms with Gasteiger partial charge in [-0.3, -0.25) is 4.79 Å². The highest BCUT2D eigenvalue weighted by Gasteiger charge is 2.21. The molecule has 1 aromatic carbocycles. The number of nitrogens with zero attached hydrogens (tertiary/aromatic N) is 3. The largest absolute Gasteiger partial charge is 0.462 e. The molecule has 3 rings (SSSR count). The van der Waals surface area contributed by atoms with Gasteiger partial charge in [-0.15, -0.1) is 0 Å². The van der Waals surface area contributed by atoms with Crippen LogP contribution in [0.1, 0.15) is 29.3 Å². The third-order valence-electron chi connectivity index (χ3n) is 4.73. The average Bonchev–Trinajstić information content (AvgIpc) is 2.96. The van der Waals surface area contributed by atoms with Gasteiger partial charge >= 0.3 is 5.97 Å². The number of hydrogen-bond acceptors (Lipinski definition) is 5. The van der Waals surface area contributed by atoms with Gasteiger partial charge in [0.15, 0.2) is 0 Å². The molecule has 1 aliphatic rings. The minimum Gasteiger partial charge on any atom is -0.462 e. The number of carbonyl (C=O) groups excluding carboxylic acids is 2. The van der Waals surface area contributed by atoms with Crippen molar-refractivity contribution >= 4 is 17.7 Å². The number of rotatable bonds is 5. The Bertz CT molecular complexity index is 826. The highest BCUT2D eigenvalue weighted by molar-refractivity contribution is 5.89. The molecule has 1 aromatic heterocycles. The van der Waals surface area contributed by atoms with Gasteiger partial charge in [-0.2, -0.15) is 0 Å². The molecule has 7 heteroatoms. The Morgan fingerprint density at radius 1 is 1.11 bits per heavy atom. The molecule has 0 N–H and O–H groups in total. The summed E-state index contributed by atoms with van der Waals surface area (Å²) in [6.45, 7) is 4.66. The summed E-state index contributed by atoms with van der Waals surface area (Å²) in [7, 11) is 0. The Morgan fingerprint density at radius 3 is 2.64 bits per heavy atom. The van der Waals surface area contributed by atoms with Gasteiger partial charge in [0.05, 0.1) is 18.6 Å². The summed E-state index contributed by atoms with van der Waals surface area (Å²) in [6.07, 6.45) is 2.38. The fourth-order valence-electron chi connectivity index (χ4n) is 3.22. The lowest BCUT2D eigenvalue weighted by molar-refractivity contribution is -0.130. The van der Waals surface area contributed by atoms with Crippen LogP contribution in [0, 0.1) is 5.82 Å². The van der Waals surface area contributed by atoms with Crippen molar-refractivity contribution in [3.63, 3.8) is 0 Å². The second-order valence-electron chi connectivity index (χ2n) is 6.62. The zero-order valence-electron chi connectivity index (χ0n) is 15.9. The molecule has 0 unspecified atom stereocenters. The molecule has 0 spiro atoms. The topological polar surface area (TPSA) is 62.7 Å². The van der Waals surface area contributed by atoms with E-state index in [1.54, 1.807) is 42.2 Å². The molecule has 148 valence electrons. The highest BCUT2D eigenvalue weighted by atomic mass is 19.1. The van der Waals surface area contributed by atoms with Gasteiger partial charge in [-0.25, -0.2) is 14.2 Å². The van der Waals surface area contributed by atoms with Crippen LogP contribution in [0.25, 0.3) is 0 Å². The molecule has 1 fully saturated rings. The number of ether oxygens (including phenoxy) is 1. The van der Waals surface area contributed by atoms with Crippen LogP contribution in [0.5, 0.6) is 0 Å². The van der Waals surface area contributed by atoms with Crippen molar-refractivity contribution in [3.8, 4) is 0 Å². The normalized spacial score (nSPS) is 14.5. The van der Waals surface area contributed by atoms with E-state index in [0.29, 0.717) is 37.4 Å². The maximum Gasteiger partial charge on any atom is 0.339 e. The predicted molar refractivity (Wildman–Crippen MR) is 104 cm³/mol. The van der Waals surface area contributed by atoms with Gasteiger partial charge in [0.1, 0.15) is 11.6 Å². The quantitative estimate of drug-likeness (QED) is 0.741. The molecule has 0 bridgehead atoms. The lowest BCUT2D eigenvalue weighted by Gasteiger charge is -2.23. The molecule has 6 nitrogen and oxygen atoms in total. The summed E-state index contributed by atoms with van der Waals surface area (Å²) in [4.78, 5) is 32.5. The molecule has 0 atom stereocenters. The van der Waals surface area contributed by atoms with Crippen LogP contribution in [0.4, 0.5) is 10.2 Å². The SMILES string of the molecule is CCOC(=O)c1ccc(N2CCCN(C(=O)Cc3ccccc3F)CC2)nc1. The van der Waals surface area contributed by atoms with Crippen LogP contribution in [-0.4, -0.2) is 54.5 Å². The molecule has 28 heavy (non-hydrogen) atoms. The Kier molecular flexibility index (Phi) is 6.57. The first-order valence-corrected chi connectivity index (χ1v) is 9.47. The van der Waals surface area contributed by atoms with E-state index < -0.39 is 0 Å². The smallest absolute Gasteiger partial charge is 0.339 e. The molecule has 1 amide bonds. The number of benzene rings is 1. The van der Waals surface area contributed by atoms with Crippen molar-refractivity contribution < 1.29 is 18.7 Å². The maximum absolute atomic E-state index is 13.8. The standard InChI is InChI=1S/C21H24FN3O3/c1-2-28-21(27)17-8-9-19(23-15-17)24-10-5-11-25(13-12-24)20(26)14-16-6-3-4-7-18(16)22/h3-4,6-9,15H,2,5,10-14H2,1H3. The summed E-state index contributed by atoms with van der Waals surface area (Å²) in [5.41, 5.74) is 0.840. The second kappa shape index (κ2) is 9.30. The van der Waals surface area contributed by atoms with Gasteiger partial charge in [0, 0.05) is 32.4 Å². The molecule has 0 aliphatic carbocycles. The Labute approximate surface area is 163 Å².